The van der Waals surface area contributed by atoms with Gasteiger partial charge >= 0.3 is 0 Å². The Bertz CT molecular complexity index is 730. The van der Waals surface area contributed by atoms with Crippen LogP contribution in [-0.2, 0) is 16.6 Å². The molecule has 3 nitrogen and oxygen atoms in total. The predicted octanol–water partition coefficient (Wildman–Crippen LogP) is 4.49. The van der Waals surface area contributed by atoms with Gasteiger partial charge < -0.3 is 0 Å². The van der Waals surface area contributed by atoms with Gasteiger partial charge in [0.15, 0.2) is 0 Å². The smallest absolute Gasteiger partial charge is 0.207 e. The molecule has 0 N–H and O–H groups in total. The van der Waals surface area contributed by atoms with Crippen molar-refractivity contribution < 1.29 is 8.42 Å². The van der Waals surface area contributed by atoms with Crippen molar-refractivity contribution in [3.05, 3.63) is 49.6 Å². The van der Waals surface area contributed by atoms with Crippen molar-refractivity contribution in [3.63, 3.8) is 0 Å². The third-order valence-corrected chi connectivity index (χ3v) is 6.94. The molecule has 0 fully saturated rings. The van der Waals surface area contributed by atoms with Gasteiger partial charge in [0.1, 0.15) is 4.90 Å². The van der Waals surface area contributed by atoms with Crippen molar-refractivity contribution in [2.75, 3.05) is 7.05 Å². The van der Waals surface area contributed by atoms with Crippen LogP contribution in [0.5, 0.6) is 0 Å². The quantitative estimate of drug-likeness (QED) is 0.802. The van der Waals surface area contributed by atoms with E-state index in [2.05, 4.69) is 0 Å². The molecular weight excluding hydrogens is 349 g/mol. The van der Waals surface area contributed by atoms with Gasteiger partial charge in [-0.25, -0.2) is 8.42 Å². The summed E-state index contributed by atoms with van der Waals surface area (Å²) in [6, 6.07) is 3.57. The molecular formula is C14H15Cl2NO2S2. The van der Waals surface area contributed by atoms with Crippen LogP contribution in [0.1, 0.15) is 16.7 Å². The largest absolute Gasteiger partial charge is 0.244 e. The number of halogens is 2. The fraction of sp³-hybridized carbons (Fsp3) is 0.286. The number of hydrogen-bond acceptors (Lipinski definition) is 3. The minimum atomic E-state index is -3.70. The molecule has 114 valence electrons. The summed E-state index contributed by atoms with van der Waals surface area (Å²) in [5.74, 6) is 0. The van der Waals surface area contributed by atoms with Crippen LogP contribution in [0.2, 0.25) is 10.0 Å². The molecule has 0 aliphatic rings. The van der Waals surface area contributed by atoms with Crippen LogP contribution >= 0.6 is 34.5 Å². The molecule has 0 bridgehead atoms. The van der Waals surface area contributed by atoms with Gasteiger partial charge in [-0.3, -0.25) is 0 Å². The first-order valence-electron chi connectivity index (χ1n) is 6.17. The second-order valence-corrected chi connectivity index (χ2v) is 8.38. The Labute approximate surface area is 139 Å². The lowest BCUT2D eigenvalue weighted by Gasteiger charge is -2.20. The van der Waals surface area contributed by atoms with Crippen LogP contribution in [0.3, 0.4) is 0 Å². The van der Waals surface area contributed by atoms with Crippen molar-refractivity contribution in [1.29, 1.82) is 0 Å². The summed E-state index contributed by atoms with van der Waals surface area (Å²) >= 11 is 13.9. The molecule has 1 heterocycles. The lowest BCUT2D eigenvalue weighted by Crippen LogP contribution is -2.27. The molecule has 0 unspecified atom stereocenters. The first-order valence-corrected chi connectivity index (χ1v) is 9.31. The molecule has 1 aromatic carbocycles. The van der Waals surface area contributed by atoms with E-state index in [1.54, 1.807) is 27.0 Å². The summed E-state index contributed by atoms with van der Waals surface area (Å²) in [6.07, 6.45) is 0. The van der Waals surface area contributed by atoms with Gasteiger partial charge in [0.05, 0.1) is 5.02 Å². The van der Waals surface area contributed by atoms with Crippen molar-refractivity contribution in [2.45, 2.75) is 25.3 Å². The van der Waals surface area contributed by atoms with E-state index < -0.39 is 10.0 Å². The summed E-state index contributed by atoms with van der Waals surface area (Å²) in [6.45, 7) is 3.71. The zero-order valence-corrected chi connectivity index (χ0v) is 15.0. The van der Waals surface area contributed by atoms with Crippen molar-refractivity contribution >= 4 is 44.6 Å². The van der Waals surface area contributed by atoms with Crippen molar-refractivity contribution in [3.8, 4) is 0 Å². The first kappa shape index (κ1) is 16.8. The van der Waals surface area contributed by atoms with E-state index in [1.165, 1.54) is 15.6 Å². The molecule has 2 aromatic rings. The van der Waals surface area contributed by atoms with Crippen LogP contribution in [0.15, 0.2) is 27.8 Å². The molecule has 0 saturated carbocycles. The highest BCUT2D eigenvalue weighted by atomic mass is 35.5. The summed E-state index contributed by atoms with van der Waals surface area (Å²) in [5.41, 5.74) is 2.07. The van der Waals surface area contributed by atoms with Gasteiger partial charge in [-0.2, -0.15) is 15.6 Å². The van der Waals surface area contributed by atoms with Gasteiger partial charge in [-0.15, -0.1) is 0 Å². The Hall–Kier alpha value is -0.590. The van der Waals surface area contributed by atoms with Crippen molar-refractivity contribution in [1.82, 2.24) is 4.31 Å². The highest BCUT2D eigenvalue weighted by molar-refractivity contribution is 7.89. The highest BCUT2D eigenvalue weighted by Gasteiger charge is 2.28. The average Bonchev–Trinajstić information content (AvgIpc) is 2.89. The molecule has 2 rings (SSSR count). The molecule has 1 aromatic heterocycles. The van der Waals surface area contributed by atoms with Gasteiger partial charge in [0.25, 0.3) is 0 Å². The molecule has 7 heteroatoms. The molecule has 0 aliphatic heterocycles. The first-order chi connectivity index (χ1) is 9.75. The number of benzene rings is 1. The van der Waals surface area contributed by atoms with Crippen LogP contribution in [0.4, 0.5) is 0 Å². The summed E-state index contributed by atoms with van der Waals surface area (Å²) in [7, 11) is -2.16. The number of aryl methyl sites for hydroxylation is 1. The highest BCUT2D eigenvalue weighted by Crippen LogP contribution is 2.35. The van der Waals surface area contributed by atoms with Gasteiger partial charge in [0.2, 0.25) is 10.0 Å². The Kier molecular flexibility index (Phi) is 5.00. The zero-order chi connectivity index (χ0) is 15.8. The maximum absolute atomic E-state index is 12.8. The number of sulfonamides is 1. The maximum Gasteiger partial charge on any atom is 0.244 e. The third-order valence-electron chi connectivity index (χ3n) is 3.24. The number of thiophene rings is 1. The summed E-state index contributed by atoms with van der Waals surface area (Å²) in [5, 5.41) is 4.47. The maximum atomic E-state index is 12.8. The SMILES string of the molecule is Cc1cc(Cl)c(C)c(S(=O)(=O)N(C)Cc2ccsc2)c1Cl. The standard InChI is InChI=1S/C14H15Cl2NO2S2/c1-9-6-12(15)10(2)14(13(9)16)21(18,19)17(3)7-11-4-5-20-8-11/h4-6,8H,7H2,1-3H3. The Morgan fingerprint density at radius 2 is 1.95 bits per heavy atom. The molecule has 0 atom stereocenters. The van der Waals surface area contributed by atoms with E-state index in [1.807, 2.05) is 16.8 Å². The number of nitrogens with zero attached hydrogens (tertiary/aromatic N) is 1. The Morgan fingerprint density at radius 3 is 2.52 bits per heavy atom. The fourth-order valence-electron chi connectivity index (χ4n) is 2.00. The second kappa shape index (κ2) is 6.26. The topological polar surface area (TPSA) is 37.4 Å². The summed E-state index contributed by atoms with van der Waals surface area (Å²) < 4.78 is 26.9. The van der Waals surface area contributed by atoms with Crippen LogP contribution in [-0.4, -0.2) is 19.8 Å². The number of hydrogen-bond donors (Lipinski definition) is 0. The molecule has 21 heavy (non-hydrogen) atoms. The zero-order valence-electron chi connectivity index (χ0n) is 11.9. The van der Waals surface area contributed by atoms with Gasteiger partial charge in [0, 0.05) is 18.6 Å². The molecule has 0 amide bonds. The Morgan fingerprint density at radius 1 is 1.29 bits per heavy atom. The van der Waals surface area contributed by atoms with Crippen LogP contribution < -0.4 is 0 Å². The second-order valence-electron chi connectivity index (χ2n) is 4.84. The van der Waals surface area contributed by atoms with E-state index in [9.17, 15) is 8.42 Å². The summed E-state index contributed by atoms with van der Waals surface area (Å²) in [4.78, 5) is 0.0897. The minimum absolute atomic E-state index is 0.0897. The molecule has 0 radical (unpaired) electrons. The van der Waals surface area contributed by atoms with Crippen LogP contribution in [0.25, 0.3) is 0 Å². The minimum Gasteiger partial charge on any atom is -0.207 e. The number of rotatable bonds is 4. The average molecular weight is 364 g/mol. The van der Waals surface area contributed by atoms with Gasteiger partial charge in [-0.05, 0) is 53.4 Å². The predicted molar refractivity (Wildman–Crippen MR) is 88.9 cm³/mol. The van der Waals surface area contributed by atoms with E-state index in [4.69, 9.17) is 23.2 Å². The van der Waals surface area contributed by atoms with Crippen molar-refractivity contribution in [2.24, 2.45) is 0 Å². The third kappa shape index (κ3) is 3.27. The van der Waals surface area contributed by atoms with Crippen LogP contribution in [0, 0.1) is 13.8 Å². The fourth-order valence-corrected chi connectivity index (χ4v) is 4.98. The van der Waals surface area contributed by atoms with E-state index in [0.717, 1.165) is 5.56 Å². The lowest BCUT2D eigenvalue weighted by molar-refractivity contribution is 0.467. The van der Waals surface area contributed by atoms with E-state index >= 15 is 0 Å². The monoisotopic (exact) mass is 363 g/mol. The normalized spacial score (nSPS) is 12.1. The van der Waals surface area contributed by atoms with E-state index in [-0.39, 0.29) is 9.92 Å². The molecule has 0 saturated heterocycles. The van der Waals surface area contributed by atoms with E-state index in [0.29, 0.717) is 22.7 Å². The lowest BCUT2D eigenvalue weighted by atomic mass is 10.2. The molecule has 0 aliphatic carbocycles. The molecule has 0 spiro atoms. The van der Waals surface area contributed by atoms with Gasteiger partial charge in [-0.1, -0.05) is 23.2 Å². The Balaban J connectivity index is 2.49.